The Balaban J connectivity index is 2.11. The molecule has 0 heterocycles. The van der Waals surface area contributed by atoms with Crippen molar-refractivity contribution < 1.29 is 19.0 Å². The van der Waals surface area contributed by atoms with E-state index in [4.69, 9.17) is 19.9 Å². The largest absolute Gasteiger partial charge is 0.501 e. The summed E-state index contributed by atoms with van der Waals surface area (Å²) in [5.41, 5.74) is 7.37. The van der Waals surface area contributed by atoms with Gasteiger partial charge in [0.1, 0.15) is 23.9 Å². The Morgan fingerprint density at radius 2 is 2.00 bits per heavy atom. The molecular formula is C17H21NO4. The van der Waals surface area contributed by atoms with E-state index in [1.165, 1.54) is 0 Å². The van der Waals surface area contributed by atoms with E-state index < -0.39 is 0 Å². The third kappa shape index (κ3) is 3.68. The van der Waals surface area contributed by atoms with Crippen molar-refractivity contribution in [3.63, 3.8) is 0 Å². The van der Waals surface area contributed by atoms with E-state index in [0.717, 1.165) is 29.8 Å². The summed E-state index contributed by atoms with van der Waals surface area (Å²) < 4.78 is 15.9. The minimum atomic E-state index is -0.194. The molecule has 22 heavy (non-hydrogen) atoms. The number of carbonyl (C=O) groups excluding carboxylic acids is 1. The Bertz CT molecular complexity index is 563. The lowest BCUT2D eigenvalue weighted by Crippen LogP contribution is -2.25. The van der Waals surface area contributed by atoms with Crippen LogP contribution in [-0.4, -0.2) is 27.1 Å². The SMILES string of the molecule is COC1=CCC(C(N)c2ccc(OCC=O)cc2)C(OC)=C1. The van der Waals surface area contributed by atoms with Crippen molar-refractivity contribution >= 4 is 6.29 Å². The van der Waals surface area contributed by atoms with E-state index in [9.17, 15) is 4.79 Å². The van der Waals surface area contributed by atoms with Crippen LogP contribution in [0.25, 0.3) is 0 Å². The van der Waals surface area contributed by atoms with Gasteiger partial charge in [0.15, 0.2) is 6.29 Å². The number of hydrogen-bond donors (Lipinski definition) is 1. The van der Waals surface area contributed by atoms with Crippen LogP contribution in [0.1, 0.15) is 18.0 Å². The van der Waals surface area contributed by atoms with Gasteiger partial charge >= 0.3 is 0 Å². The average molecular weight is 303 g/mol. The van der Waals surface area contributed by atoms with E-state index in [-0.39, 0.29) is 18.6 Å². The van der Waals surface area contributed by atoms with Crippen molar-refractivity contribution in [1.82, 2.24) is 0 Å². The van der Waals surface area contributed by atoms with Crippen LogP contribution in [-0.2, 0) is 14.3 Å². The van der Waals surface area contributed by atoms with Gasteiger partial charge in [-0.3, -0.25) is 4.79 Å². The summed E-state index contributed by atoms with van der Waals surface area (Å²) >= 11 is 0. The zero-order valence-electron chi connectivity index (χ0n) is 12.8. The predicted octanol–water partition coefficient (Wildman–Crippen LogP) is 2.34. The van der Waals surface area contributed by atoms with Crippen molar-refractivity contribution in [3.8, 4) is 5.75 Å². The van der Waals surface area contributed by atoms with E-state index in [2.05, 4.69) is 0 Å². The number of benzene rings is 1. The first-order valence-electron chi connectivity index (χ1n) is 7.11. The summed E-state index contributed by atoms with van der Waals surface area (Å²) in [6.45, 7) is 0.0508. The number of carbonyl (C=O) groups is 1. The second kappa shape index (κ2) is 7.66. The highest BCUT2D eigenvalue weighted by atomic mass is 16.5. The summed E-state index contributed by atoms with van der Waals surface area (Å²) in [6.07, 6.45) is 5.36. The molecule has 1 aliphatic carbocycles. The highest BCUT2D eigenvalue weighted by Crippen LogP contribution is 2.34. The number of nitrogens with two attached hydrogens (primary N) is 1. The van der Waals surface area contributed by atoms with Gasteiger partial charge in [-0.05, 0) is 30.2 Å². The molecule has 118 valence electrons. The molecule has 2 unspecified atom stereocenters. The molecule has 1 aliphatic rings. The molecule has 0 bridgehead atoms. The minimum absolute atomic E-state index is 0.0508. The van der Waals surface area contributed by atoms with Crippen LogP contribution in [0.15, 0.2) is 47.9 Å². The summed E-state index contributed by atoms with van der Waals surface area (Å²) in [7, 11) is 3.27. The highest BCUT2D eigenvalue weighted by Gasteiger charge is 2.26. The maximum atomic E-state index is 10.3. The maximum Gasteiger partial charge on any atom is 0.157 e. The lowest BCUT2D eigenvalue weighted by molar-refractivity contribution is -0.109. The molecule has 0 amide bonds. The number of hydrogen-bond acceptors (Lipinski definition) is 5. The quantitative estimate of drug-likeness (QED) is 0.783. The van der Waals surface area contributed by atoms with E-state index in [1.807, 2.05) is 36.4 Å². The van der Waals surface area contributed by atoms with Crippen molar-refractivity contribution in [1.29, 1.82) is 0 Å². The number of rotatable bonds is 7. The molecule has 0 aromatic heterocycles. The molecule has 0 spiro atoms. The van der Waals surface area contributed by atoms with Crippen LogP contribution in [0.2, 0.25) is 0 Å². The number of aldehydes is 1. The minimum Gasteiger partial charge on any atom is -0.501 e. The highest BCUT2D eigenvalue weighted by molar-refractivity contribution is 5.51. The third-order valence-corrected chi connectivity index (χ3v) is 3.71. The van der Waals surface area contributed by atoms with Crippen LogP contribution in [0.4, 0.5) is 0 Å². The first-order valence-corrected chi connectivity index (χ1v) is 7.11. The smallest absolute Gasteiger partial charge is 0.157 e. The summed E-state index contributed by atoms with van der Waals surface area (Å²) in [4.78, 5) is 10.3. The zero-order valence-corrected chi connectivity index (χ0v) is 12.8. The topological polar surface area (TPSA) is 70.8 Å². The molecule has 2 rings (SSSR count). The van der Waals surface area contributed by atoms with E-state index in [0.29, 0.717) is 5.75 Å². The number of methoxy groups -OCH3 is 2. The fraction of sp³-hybridized carbons (Fsp3) is 0.353. The van der Waals surface area contributed by atoms with Crippen molar-refractivity contribution in [2.75, 3.05) is 20.8 Å². The van der Waals surface area contributed by atoms with E-state index in [1.54, 1.807) is 14.2 Å². The van der Waals surface area contributed by atoms with Crippen molar-refractivity contribution in [3.05, 3.63) is 53.5 Å². The lowest BCUT2D eigenvalue weighted by atomic mass is 9.86. The molecule has 0 fully saturated rings. The lowest BCUT2D eigenvalue weighted by Gasteiger charge is -2.27. The molecule has 0 saturated heterocycles. The third-order valence-electron chi connectivity index (χ3n) is 3.71. The normalized spacial score (nSPS) is 18.8. The second-order valence-corrected chi connectivity index (χ2v) is 4.98. The maximum absolute atomic E-state index is 10.3. The monoisotopic (exact) mass is 303 g/mol. The zero-order chi connectivity index (χ0) is 15.9. The van der Waals surface area contributed by atoms with Gasteiger partial charge in [-0.2, -0.15) is 0 Å². The Morgan fingerprint density at radius 1 is 1.27 bits per heavy atom. The first kappa shape index (κ1) is 16.1. The summed E-state index contributed by atoms with van der Waals surface area (Å²) in [6, 6.07) is 7.25. The molecule has 2 N–H and O–H groups in total. The van der Waals surface area contributed by atoms with Crippen LogP contribution in [0.5, 0.6) is 5.75 Å². The van der Waals surface area contributed by atoms with Gasteiger partial charge < -0.3 is 19.9 Å². The number of allylic oxidation sites excluding steroid dienone is 2. The Labute approximate surface area is 130 Å². The second-order valence-electron chi connectivity index (χ2n) is 4.98. The van der Waals surface area contributed by atoms with Gasteiger partial charge in [0.05, 0.1) is 14.2 Å². The van der Waals surface area contributed by atoms with Crippen LogP contribution < -0.4 is 10.5 Å². The van der Waals surface area contributed by atoms with Crippen LogP contribution in [0.3, 0.4) is 0 Å². The van der Waals surface area contributed by atoms with Gasteiger partial charge in [0, 0.05) is 18.0 Å². The molecule has 5 nitrogen and oxygen atoms in total. The van der Waals surface area contributed by atoms with Crippen LogP contribution in [0, 0.1) is 5.92 Å². The molecule has 2 atom stereocenters. The van der Waals surface area contributed by atoms with Crippen molar-refractivity contribution in [2.45, 2.75) is 12.5 Å². The van der Waals surface area contributed by atoms with Crippen molar-refractivity contribution in [2.24, 2.45) is 11.7 Å². The molecule has 0 aliphatic heterocycles. The molecule has 5 heteroatoms. The van der Waals surface area contributed by atoms with Gasteiger partial charge in [0.25, 0.3) is 0 Å². The average Bonchev–Trinajstić information content (AvgIpc) is 2.59. The summed E-state index contributed by atoms with van der Waals surface area (Å²) in [5.74, 6) is 2.31. The van der Waals surface area contributed by atoms with Gasteiger partial charge in [-0.15, -0.1) is 0 Å². The molecule has 0 saturated carbocycles. The number of ether oxygens (including phenoxy) is 3. The Hall–Kier alpha value is -2.27. The fourth-order valence-corrected chi connectivity index (χ4v) is 2.49. The summed E-state index contributed by atoms with van der Waals surface area (Å²) in [5, 5.41) is 0. The van der Waals surface area contributed by atoms with Crippen LogP contribution >= 0.6 is 0 Å². The van der Waals surface area contributed by atoms with E-state index >= 15 is 0 Å². The fourth-order valence-electron chi connectivity index (χ4n) is 2.49. The molecule has 0 radical (unpaired) electrons. The molecular weight excluding hydrogens is 282 g/mol. The van der Waals surface area contributed by atoms with Gasteiger partial charge in [-0.1, -0.05) is 12.1 Å². The molecule has 1 aromatic carbocycles. The Kier molecular flexibility index (Phi) is 5.61. The first-order chi connectivity index (χ1) is 10.7. The molecule has 1 aromatic rings. The van der Waals surface area contributed by atoms with Gasteiger partial charge in [0.2, 0.25) is 0 Å². The predicted molar refractivity (Wildman–Crippen MR) is 83.2 cm³/mol. The Morgan fingerprint density at radius 3 is 2.59 bits per heavy atom. The standard InChI is InChI=1S/C17H21NO4/c1-20-14-7-8-15(16(11-14)21-2)17(18)12-3-5-13(6-4-12)22-10-9-19/h3-7,9,11,15,17H,8,10,18H2,1-2H3. The van der Waals surface area contributed by atoms with Gasteiger partial charge in [-0.25, -0.2) is 0 Å².